The van der Waals surface area contributed by atoms with Crippen molar-refractivity contribution in [2.75, 3.05) is 11.4 Å². The summed E-state index contributed by atoms with van der Waals surface area (Å²) in [6.45, 7) is 6.13. The summed E-state index contributed by atoms with van der Waals surface area (Å²) in [5.74, 6) is 0. The van der Waals surface area contributed by atoms with Crippen LogP contribution in [0.2, 0.25) is 0 Å². The van der Waals surface area contributed by atoms with Crippen LogP contribution in [0.15, 0.2) is 52.2 Å². The molecule has 0 aliphatic rings. The van der Waals surface area contributed by atoms with Crippen molar-refractivity contribution in [3.8, 4) is 0 Å². The highest BCUT2D eigenvalue weighted by Crippen LogP contribution is 2.34. The predicted octanol–water partition coefficient (Wildman–Crippen LogP) is 2.98. The third-order valence-corrected chi connectivity index (χ3v) is 5.96. The lowest BCUT2D eigenvalue weighted by atomic mass is 9.86. The molecule has 0 bridgehead atoms. The number of fused-ring (bicyclic) bond motifs is 1. The van der Waals surface area contributed by atoms with Crippen LogP contribution in [0.1, 0.15) is 26.3 Å². The minimum Gasteiger partial charge on any atom is -0.306 e. The van der Waals surface area contributed by atoms with Gasteiger partial charge in [0, 0.05) is 7.05 Å². The number of aromatic amines is 2. The number of H-pyrrole nitrogens is 2. The van der Waals surface area contributed by atoms with Crippen LogP contribution >= 0.6 is 0 Å². The van der Waals surface area contributed by atoms with Crippen molar-refractivity contribution in [1.29, 1.82) is 0 Å². The van der Waals surface area contributed by atoms with E-state index >= 15 is 0 Å². The monoisotopic (exact) mass is 359 g/mol. The molecule has 1 heterocycles. The summed E-state index contributed by atoms with van der Waals surface area (Å²) in [5.41, 5.74) is 2.05. The molecule has 0 fully saturated rings. The van der Waals surface area contributed by atoms with Gasteiger partial charge in [0.15, 0.2) is 0 Å². The molecule has 132 valence electrons. The number of rotatable bonds is 3. The summed E-state index contributed by atoms with van der Waals surface area (Å²) in [6.07, 6.45) is 0. The van der Waals surface area contributed by atoms with Gasteiger partial charge in [-0.1, -0.05) is 39.0 Å². The molecule has 3 aromatic rings. The average molecular weight is 359 g/mol. The van der Waals surface area contributed by atoms with Gasteiger partial charge in [-0.3, -0.25) is 4.31 Å². The van der Waals surface area contributed by atoms with Gasteiger partial charge in [0.2, 0.25) is 0 Å². The summed E-state index contributed by atoms with van der Waals surface area (Å²) >= 11 is 0. The predicted molar refractivity (Wildman–Crippen MR) is 99.7 cm³/mol. The number of hydrogen-bond acceptors (Lipinski definition) is 3. The lowest BCUT2D eigenvalue weighted by molar-refractivity contribution is 0.584. The molecule has 0 spiro atoms. The van der Waals surface area contributed by atoms with Crippen molar-refractivity contribution < 1.29 is 8.42 Å². The van der Waals surface area contributed by atoms with E-state index in [1.807, 2.05) is 39.0 Å². The van der Waals surface area contributed by atoms with Gasteiger partial charge < -0.3 is 9.97 Å². The molecule has 0 unspecified atom stereocenters. The second-order valence-corrected chi connectivity index (χ2v) is 9.00. The average Bonchev–Trinajstić information content (AvgIpc) is 2.92. The number of hydrogen-bond donors (Lipinski definition) is 2. The second-order valence-electron chi connectivity index (χ2n) is 7.03. The van der Waals surface area contributed by atoms with Gasteiger partial charge in [-0.05, 0) is 35.2 Å². The zero-order valence-corrected chi connectivity index (χ0v) is 15.4. The molecule has 2 N–H and O–H groups in total. The van der Waals surface area contributed by atoms with Crippen LogP contribution < -0.4 is 9.99 Å². The van der Waals surface area contributed by atoms with Gasteiger partial charge in [0.1, 0.15) is 0 Å². The van der Waals surface area contributed by atoms with Crippen LogP contribution in [-0.4, -0.2) is 25.4 Å². The van der Waals surface area contributed by atoms with Crippen LogP contribution in [0.25, 0.3) is 11.0 Å². The molecule has 6 nitrogen and oxygen atoms in total. The SMILES string of the molecule is CN(c1ccccc1C(C)(C)C)S(=O)(=O)c1ccc2[nH]c(=O)[nH]c2c1. The molecule has 0 saturated carbocycles. The molecule has 0 atom stereocenters. The fourth-order valence-electron chi connectivity index (χ4n) is 2.84. The van der Waals surface area contributed by atoms with Gasteiger partial charge in [-0.2, -0.15) is 0 Å². The molecule has 25 heavy (non-hydrogen) atoms. The quantitative estimate of drug-likeness (QED) is 0.754. The van der Waals surface area contributed by atoms with E-state index < -0.39 is 10.0 Å². The zero-order chi connectivity index (χ0) is 18.4. The van der Waals surface area contributed by atoms with Crippen molar-refractivity contribution >= 4 is 26.7 Å². The molecule has 2 aromatic carbocycles. The Morgan fingerprint density at radius 3 is 2.28 bits per heavy atom. The summed E-state index contributed by atoms with van der Waals surface area (Å²) in [5, 5.41) is 0. The molecule has 0 amide bonds. The molecule has 0 radical (unpaired) electrons. The fraction of sp³-hybridized carbons (Fsp3) is 0.278. The number of sulfonamides is 1. The van der Waals surface area contributed by atoms with Crippen LogP contribution in [0.3, 0.4) is 0 Å². The van der Waals surface area contributed by atoms with Crippen LogP contribution in [0, 0.1) is 0 Å². The molecular formula is C18H21N3O3S. The standard InChI is InChI=1S/C18H21N3O3S/c1-18(2,3)13-7-5-6-8-16(13)21(4)25(23,24)12-9-10-14-15(11-12)20-17(22)19-14/h5-11H,1-4H3,(H2,19,20,22). The van der Waals surface area contributed by atoms with E-state index in [0.717, 1.165) is 5.56 Å². The first-order chi connectivity index (χ1) is 11.6. The molecule has 0 aliphatic carbocycles. The lowest BCUT2D eigenvalue weighted by Crippen LogP contribution is -2.29. The number of nitrogens with zero attached hydrogens (tertiary/aromatic N) is 1. The minimum atomic E-state index is -3.76. The van der Waals surface area contributed by atoms with E-state index in [9.17, 15) is 13.2 Å². The van der Waals surface area contributed by atoms with Gasteiger partial charge in [-0.25, -0.2) is 13.2 Å². The smallest absolute Gasteiger partial charge is 0.306 e. The van der Waals surface area contributed by atoms with Gasteiger partial charge >= 0.3 is 5.69 Å². The van der Waals surface area contributed by atoms with E-state index in [2.05, 4.69) is 9.97 Å². The van der Waals surface area contributed by atoms with Crippen molar-refractivity contribution in [3.63, 3.8) is 0 Å². The first kappa shape index (κ1) is 17.3. The molecule has 0 aliphatic heterocycles. The van der Waals surface area contributed by atoms with E-state index in [-0.39, 0.29) is 16.0 Å². The highest BCUT2D eigenvalue weighted by molar-refractivity contribution is 7.92. The Morgan fingerprint density at radius 2 is 1.60 bits per heavy atom. The summed E-state index contributed by atoms with van der Waals surface area (Å²) in [6, 6.07) is 12.0. The normalized spacial score (nSPS) is 12.5. The first-order valence-electron chi connectivity index (χ1n) is 7.91. The van der Waals surface area contributed by atoms with Gasteiger partial charge in [-0.15, -0.1) is 0 Å². The zero-order valence-electron chi connectivity index (χ0n) is 14.6. The Balaban J connectivity index is 2.12. The lowest BCUT2D eigenvalue weighted by Gasteiger charge is -2.28. The van der Waals surface area contributed by atoms with E-state index in [4.69, 9.17) is 0 Å². The molecular weight excluding hydrogens is 338 g/mol. The molecule has 7 heteroatoms. The Bertz CT molecular complexity index is 1090. The van der Waals surface area contributed by atoms with E-state index in [1.165, 1.54) is 16.4 Å². The topological polar surface area (TPSA) is 86.0 Å². The summed E-state index contributed by atoms with van der Waals surface area (Å²) in [4.78, 5) is 16.7. The Kier molecular flexibility index (Phi) is 3.99. The highest BCUT2D eigenvalue weighted by Gasteiger charge is 2.27. The number of imidazole rings is 1. The number of aromatic nitrogens is 2. The third-order valence-electron chi connectivity index (χ3n) is 4.20. The highest BCUT2D eigenvalue weighted by atomic mass is 32.2. The van der Waals surface area contributed by atoms with Crippen molar-refractivity contribution in [2.24, 2.45) is 0 Å². The Hall–Kier alpha value is -2.54. The maximum absolute atomic E-state index is 13.1. The van der Waals surface area contributed by atoms with Crippen LogP contribution in [0.5, 0.6) is 0 Å². The Morgan fingerprint density at radius 1 is 0.960 bits per heavy atom. The van der Waals surface area contributed by atoms with Crippen molar-refractivity contribution in [1.82, 2.24) is 9.97 Å². The maximum Gasteiger partial charge on any atom is 0.323 e. The number of para-hydroxylation sites is 1. The minimum absolute atomic E-state index is 0.126. The summed E-state index contributed by atoms with van der Waals surface area (Å²) in [7, 11) is -2.21. The Labute approximate surface area is 146 Å². The van der Waals surface area contributed by atoms with Gasteiger partial charge in [0.05, 0.1) is 21.6 Å². The molecule has 1 aromatic heterocycles. The number of anilines is 1. The fourth-order valence-corrected chi connectivity index (χ4v) is 4.08. The third kappa shape index (κ3) is 3.07. The van der Waals surface area contributed by atoms with E-state index in [0.29, 0.717) is 16.7 Å². The van der Waals surface area contributed by atoms with Crippen molar-refractivity contribution in [2.45, 2.75) is 31.1 Å². The van der Waals surface area contributed by atoms with Crippen molar-refractivity contribution in [3.05, 3.63) is 58.5 Å². The molecule has 3 rings (SSSR count). The number of nitrogens with one attached hydrogen (secondary N) is 2. The largest absolute Gasteiger partial charge is 0.323 e. The second kappa shape index (κ2) is 5.77. The number of benzene rings is 2. The summed E-state index contributed by atoms with van der Waals surface area (Å²) < 4.78 is 27.5. The van der Waals surface area contributed by atoms with E-state index in [1.54, 1.807) is 19.2 Å². The van der Waals surface area contributed by atoms with Crippen LogP contribution in [0.4, 0.5) is 5.69 Å². The maximum atomic E-state index is 13.1. The molecule has 0 saturated heterocycles. The van der Waals surface area contributed by atoms with Gasteiger partial charge in [0.25, 0.3) is 10.0 Å². The first-order valence-corrected chi connectivity index (χ1v) is 9.35. The van der Waals surface area contributed by atoms with Crippen LogP contribution in [-0.2, 0) is 15.4 Å².